The molecule has 1 aliphatic heterocycles. The number of hydrogen-bond acceptors (Lipinski definition) is 9. The Hall–Kier alpha value is -3.47. The number of nitrogens with zero attached hydrogens (tertiary/aromatic N) is 2. The van der Waals surface area contributed by atoms with Crippen LogP contribution in [0.15, 0.2) is 30.5 Å². The molecule has 0 radical (unpaired) electrons. The Morgan fingerprint density at radius 2 is 1.67 bits per heavy atom. The van der Waals surface area contributed by atoms with Crippen LogP contribution in [0, 0.1) is 10.1 Å². The monoisotopic (exact) mass is 420 g/mol. The van der Waals surface area contributed by atoms with Gasteiger partial charge in [-0.1, -0.05) is 0 Å². The maximum Gasteiger partial charge on any atom is 0.303 e. The number of carbonyl (C=O) groups excluding carboxylic acids is 3. The number of aromatic nitrogens is 1. The molecule has 1 fully saturated rings. The molecule has 3 rings (SSSR count). The Labute approximate surface area is 170 Å². The summed E-state index contributed by atoms with van der Waals surface area (Å²) in [6.45, 7) is 3.45. The van der Waals surface area contributed by atoms with Crippen LogP contribution in [-0.2, 0) is 33.3 Å². The van der Waals surface area contributed by atoms with E-state index in [1.165, 1.54) is 32.9 Å². The van der Waals surface area contributed by atoms with E-state index in [1.807, 2.05) is 0 Å². The predicted octanol–water partition coefficient (Wildman–Crippen LogP) is 1.87. The first-order chi connectivity index (χ1) is 14.2. The Morgan fingerprint density at radius 3 is 2.27 bits per heavy atom. The third-order valence-electron chi connectivity index (χ3n) is 4.51. The van der Waals surface area contributed by atoms with Crippen molar-refractivity contribution in [3.8, 4) is 0 Å². The molecule has 0 spiro atoms. The Morgan fingerprint density at radius 1 is 1.03 bits per heavy atom. The average Bonchev–Trinajstić information content (AvgIpc) is 3.06. The van der Waals surface area contributed by atoms with Gasteiger partial charge in [-0.3, -0.25) is 24.5 Å². The molecular formula is C19H20N2O9. The smallest absolute Gasteiger partial charge is 0.303 e. The van der Waals surface area contributed by atoms with Crippen LogP contribution in [0.3, 0.4) is 0 Å². The minimum atomic E-state index is -1.13. The summed E-state index contributed by atoms with van der Waals surface area (Å²) in [7, 11) is 0. The zero-order valence-corrected chi connectivity index (χ0v) is 16.5. The summed E-state index contributed by atoms with van der Waals surface area (Å²) in [6, 6.07) is 5.94. The number of rotatable bonds is 5. The molecule has 30 heavy (non-hydrogen) atoms. The summed E-state index contributed by atoms with van der Waals surface area (Å²) < 4.78 is 23.4. The van der Waals surface area contributed by atoms with E-state index in [1.54, 1.807) is 22.9 Å². The van der Waals surface area contributed by atoms with E-state index < -0.39 is 47.4 Å². The van der Waals surface area contributed by atoms with Crippen molar-refractivity contribution in [2.45, 2.75) is 45.3 Å². The maximum atomic E-state index is 11.8. The zero-order valence-electron chi connectivity index (χ0n) is 16.5. The molecule has 160 valence electrons. The van der Waals surface area contributed by atoms with Crippen molar-refractivity contribution in [3.05, 3.63) is 40.6 Å². The lowest BCUT2D eigenvalue weighted by Gasteiger charge is -2.41. The number of nitro benzene ring substituents is 1. The fourth-order valence-electron chi connectivity index (χ4n) is 3.45. The summed E-state index contributed by atoms with van der Waals surface area (Å²) in [5, 5.41) is 11.6. The van der Waals surface area contributed by atoms with Crippen molar-refractivity contribution in [1.29, 1.82) is 0 Å². The molecule has 1 aromatic carbocycles. The fourth-order valence-corrected chi connectivity index (χ4v) is 3.45. The minimum Gasteiger partial charge on any atom is -0.456 e. The van der Waals surface area contributed by atoms with Gasteiger partial charge >= 0.3 is 17.9 Å². The molecule has 4 atom stereocenters. The number of fused-ring (bicyclic) bond motifs is 1. The molecular weight excluding hydrogens is 400 g/mol. The number of benzene rings is 1. The van der Waals surface area contributed by atoms with Gasteiger partial charge in [0, 0.05) is 44.5 Å². The van der Waals surface area contributed by atoms with E-state index in [0.29, 0.717) is 10.9 Å². The normalized spacial score (nSPS) is 23.6. The van der Waals surface area contributed by atoms with Crippen molar-refractivity contribution in [2.24, 2.45) is 0 Å². The highest BCUT2D eigenvalue weighted by Crippen LogP contribution is 2.34. The van der Waals surface area contributed by atoms with Crippen molar-refractivity contribution in [1.82, 2.24) is 4.57 Å². The zero-order chi connectivity index (χ0) is 22.0. The van der Waals surface area contributed by atoms with Crippen LogP contribution in [0.4, 0.5) is 5.69 Å². The lowest BCUT2D eigenvalue weighted by atomic mass is 10.0. The molecule has 11 heteroatoms. The van der Waals surface area contributed by atoms with Crippen LogP contribution in [0.5, 0.6) is 0 Å². The molecule has 0 N–H and O–H groups in total. The van der Waals surface area contributed by atoms with E-state index in [0.717, 1.165) is 0 Å². The second kappa shape index (κ2) is 8.49. The Balaban J connectivity index is 2.03. The van der Waals surface area contributed by atoms with Gasteiger partial charge in [-0.2, -0.15) is 0 Å². The van der Waals surface area contributed by atoms with Crippen LogP contribution < -0.4 is 0 Å². The fraction of sp³-hybridized carbons (Fsp3) is 0.421. The van der Waals surface area contributed by atoms with Crippen LogP contribution >= 0.6 is 0 Å². The minimum absolute atomic E-state index is 0.0749. The van der Waals surface area contributed by atoms with Gasteiger partial charge in [0.15, 0.2) is 24.5 Å². The molecule has 1 aliphatic rings. The SMILES string of the molecule is CC(=O)O[C@@H]1[C@H](OC(C)=O)[C@@H](n2ccc3cc([N+](=O)[O-])ccc32)OC[C@H]1OC(C)=O. The number of non-ortho nitro benzene ring substituents is 1. The van der Waals surface area contributed by atoms with Crippen molar-refractivity contribution in [2.75, 3.05) is 6.61 Å². The number of ether oxygens (including phenoxy) is 4. The molecule has 1 saturated heterocycles. The van der Waals surface area contributed by atoms with Crippen molar-refractivity contribution in [3.63, 3.8) is 0 Å². The topological polar surface area (TPSA) is 136 Å². The quantitative estimate of drug-likeness (QED) is 0.307. The van der Waals surface area contributed by atoms with Crippen LogP contribution in [0.2, 0.25) is 0 Å². The van der Waals surface area contributed by atoms with Gasteiger partial charge in [-0.25, -0.2) is 0 Å². The number of nitro groups is 1. The molecule has 11 nitrogen and oxygen atoms in total. The van der Waals surface area contributed by atoms with Crippen LogP contribution in [-0.4, -0.2) is 52.3 Å². The summed E-state index contributed by atoms with van der Waals surface area (Å²) in [4.78, 5) is 45.4. The van der Waals surface area contributed by atoms with E-state index >= 15 is 0 Å². The molecule has 1 aromatic heterocycles. The lowest BCUT2D eigenvalue weighted by molar-refractivity contribution is -0.384. The third-order valence-corrected chi connectivity index (χ3v) is 4.51. The first kappa shape index (κ1) is 21.2. The maximum absolute atomic E-state index is 11.8. The molecule has 2 heterocycles. The first-order valence-corrected chi connectivity index (χ1v) is 9.05. The van der Waals surface area contributed by atoms with Gasteiger partial charge in [-0.15, -0.1) is 0 Å². The van der Waals surface area contributed by atoms with Crippen LogP contribution in [0.25, 0.3) is 10.9 Å². The molecule has 0 bridgehead atoms. The Bertz CT molecular complexity index is 999. The van der Waals surface area contributed by atoms with Gasteiger partial charge in [-0.05, 0) is 12.1 Å². The largest absolute Gasteiger partial charge is 0.456 e. The molecule has 2 aromatic rings. The van der Waals surface area contributed by atoms with Gasteiger partial charge in [0.05, 0.1) is 17.0 Å². The van der Waals surface area contributed by atoms with Gasteiger partial charge in [0.2, 0.25) is 0 Å². The number of carbonyl (C=O) groups is 3. The number of esters is 3. The molecule has 0 unspecified atom stereocenters. The van der Waals surface area contributed by atoms with Crippen molar-refractivity contribution >= 4 is 34.5 Å². The van der Waals surface area contributed by atoms with E-state index in [9.17, 15) is 24.5 Å². The van der Waals surface area contributed by atoms with E-state index in [4.69, 9.17) is 18.9 Å². The van der Waals surface area contributed by atoms with Gasteiger partial charge < -0.3 is 23.5 Å². The standard InChI is InChI=1S/C19H20N2O9/c1-10(22)28-16-9-27-19(18(30-12(3)24)17(16)29-11(2)23)20-7-6-13-8-14(21(25)26)4-5-15(13)20/h4-8,16-19H,9H2,1-3H3/t16-,17+,18+,19+/m1/s1. The van der Waals surface area contributed by atoms with E-state index in [-0.39, 0.29) is 12.3 Å². The van der Waals surface area contributed by atoms with Crippen molar-refractivity contribution < 1.29 is 38.3 Å². The first-order valence-electron chi connectivity index (χ1n) is 9.05. The second-order valence-electron chi connectivity index (χ2n) is 6.74. The summed E-state index contributed by atoms with van der Waals surface area (Å²) in [5.41, 5.74) is 0.504. The van der Waals surface area contributed by atoms with Gasteiger partial charge in [0.1, 0.15) is 0 Å². The average molecular weight is 420 g/mol. The summed E-state index contributed by atoms with van der Waals surface area (Å²) in [5.74, 6) is -1.91. The van der Waals surface area contributed by atoms with E-state index in [2.05, 4.69) is 0 Å². The van der Waals surface area contributed by atoms with Crippen LogP contribution in [0.1, 0.15) is 27.0 Å². The highest BCUT2D eigenvalue weighted by atomic mass is 16.6. The second-order valence-corrected chi connectivity index (χ2v) is 6.74. The third kappa shape index (κ3) is 4.40. The number of hydrogen-bond donors (Lipinski definition) is 0. The lowest BCUT2D eigenvalue weighted by Crippen LogP contribution is -2.55. The predicted molar refractivity (Wildman–Crippen MR) is 100 cm³/mol. The molecule has 0 aliphatic carbocycles. The summed E-state index contributed by atoms with van der Waals surface area (Å²) in [6.07, 6.45) is -2.52. The molecule has 0 amide bonds. The Kier molecular flexibility index (Phi) is 6.01. The highest BCUT2D eigenvalue weighted by Gasteiger charge is 2.47. The molecule has 0 saturated carbocycles. The highest BCUT2D eigenvalue weighted by molar-refractivity contribution is 5.82. The van der Waals surface area contributed by atoms with Gasteiger partial charge in [0.25, 0.3) is 5.69 Å². The summed E-state index contributed by atoms with van der Waals surface area (Å²) >= 11 is 0.